The Kier molecular flexibility index (Phi) is 5.29. The molecule has 24 heavy (non-hydrogen) atoms. The number of hydrogen-bond acceptors (Lipinski definition) is 5. The predicted molar refractivity (Wildman–Crippen MR) is 89.1 cm³/mol. The Morgan fingerprint density at radius 1 is 1.38 bits per heavy atom. The summed E-state index contributed by atoms with van der Waals surface area (Å²) in [6.45, 7) is 5.48. The first kappa shape index (κ1) is 18.4. The highest BCUT2D eigenvalue weighted by molar-refractivity contribution is 7.89. The van der Waals surface area contributed by atoms with Gasteiger partial charge in [0.25, 0.3) is 0 Å². The van der Waals surface area contributed by atoms with Gasteiger partial charge in [-0.25, -0.2) is 8.42 Å². The topological polar surface area (TPSA) is 102 Å². The van der Waals surface area contributed by atoms with Crippen molar-refractivity contribution in [3.05, 3.63) is 23.8 Å². The standard InChI is InChI=1S/C16H22N2O5S/c1-9(2)7-14(16(20)23-4)18-24(21,22)11-5-6-13-12(8-11)10(3)15(19)17-13/h5-6,8-10,14,18H,7H2,1-4H3,(H,17,19)/t10-,14+/m0/s1. The van der Waals surface area contributed by atoms with Crippen LogP contribution < -0.4 is 10.0 Å². The molecule has 1 amide bonds. The first-order valence-electron chi connectivity index (χ1n) is 7.70. The van der Waals surface area contributed by atoms with Gasteiger partial charge in [-0.2, -0.15) is 4.72 Å². The van der Waals surface area contributed by atoms with E-state index in [9.17, 15) is 18.0 Å². The molecule has 2 atom stereocenters. The second kappa shape index (κ2) is 6.90. The fourth-order valence-corrected chi connectivity index (χ4v) is 3.86. The first-order chi connectivity index (χ1) is 11.2. The van der Waals surface area contributed by atoms with Crippen molar-refractivity contribution in [2.24, 2.45) is 5.92 Å². The largest absolute Gasteiger partial charge is 0.468 e. The Morgan fingerprint density at radius 3 is 2.62 bits per heavy atom. The van der Waals surface area contributed by atoms with Gasteiger partial charge in [0.05, 0.1) is 17.9 Å². The first-order valence-corrected chi connectivity index (χ1v) is 9.19. The molecule has 0 bridgehead atoms. The van der Waals surface area contributed by atoms with Crippen LogP contribution in [0.5, 0.6) is 0 Å². The van der Waals surface area contributed by atoms with E-state index in [0.717, 1.165) is 0 Å². The van der Waals surface area contributed by atoms with E-state index in [1.807, 2.05) is 13.8 Å². The molecule has 0 unspecified atom stereocenters. The smallest absolute Gasteiger partial charge is 0.323 e. The zero-order valence-corrected chi connectivity index (χ0v) is 14.9. The lowest BCUT2D eigenvalue weighted by Crippen LogP contribution is -2.42. The Bertz CT molecular complexity index is 758. The monoisotopic (exact) mass is 354 g/mol. The Labute approximate surface area is 141 Å². The number of carbonyl (C=O) groups is 2. The van der Waals surface area contributed by atoms with E-state index in [1.54, 1.807) is 13.0 Å². The number of carbonyl (C=O) groups excluding carboxylic acids is 2. The van der Waals surface area contributed by atoms with Crippen LogP contribution in [-0.4, -0.2) is 33.4 Å². The highest BCUT2D eigenvalue weighted by Crippen LogP contribution is 2.33. The van der Waals surface area contributed by atoms with E-state index in [4.69, 9.17) is 0 Å². The van der Waals surface area contributed by atoms with E-state index in [-0.39, 0.29) is 16.7 Å². The second-order valence-corrected chi connectivity index (χ2v) is 8.00. The number of methoxy groups -OCH3 is 1. The van der Waals surface area contributed by atoms with Crippen molar-refractivity contribution in [1.29, 1.82) is 0 Å². The van der Waals surface area contributed by atoms with Crippen molar-refractivity contribution < 1.29 is 22.7 Å². The third-order valence-electron chi connectivity index (χ3n) is 3.94. The minimum Gasteiger partial charge on any atom is -0.468 e. The lowest BCUT2D eigenvalue weighted by atomic mass is 10.0. The number of ether oxygens (including phenoxy) is 1. The Hall–Kier alpha value is -1.93. The van der Waals surface area contributed by atoms with Crippen molar-refractivity contribution in [3.8, 4) is 0 Å². The second-order valence-electron chi connectivity index (χ2n) is 6.29. The molecule has 1 aliphatic rings. The van der Waals surface area contributed by atoms with E-state index >= 15 is 0 Å². The highest BCUT2D eigenvalue weighted by Gasteiger charge is 2.31. The van der Waals surface area contributed by atoms with Crippen LogP contribution in [0.25, 0.3) is 0 Å². The molecule has 2 N–H and O–H groups in total. The molecule has 1 aliphatic heterocycles. The number of sulfonamides is 1. The molecule has 0 spiro atoms. The maximum absolute atomic E-state index is 12.6. The van der Waals surface area contributed by atoms with Gasteiger partial charge in [0, 0.05) is 5.69 Å². The number of benzene rings is 1. The van der Waals surface area contributed by atoms with Gasteiger partial charge in [0.1, 0.15) is 6.04 Å². The lowest BCUT2D eigenvalue weighted by Gasteiger charge is -2.18. The summed E-state index contributed by atoms with van der Waals surface area (Å²) >= 11 is 0. The SMILES string of the molecule is COC(=O)[C@@H](CC(C)C)NS(=O)(=O)c1ccc2c(c1)[C@H](C)C(=O)N2. The van der Waals surface area contributed by atoms with Crippen LogP contribution >= 0.6 is 0 Å². The number of nitrogens with one attached hydrogen (secondary N) is 2. The number of amides is 1. The van der Waals surface area contributed by atoms with Crippen molar-refractivity contribution in [2.45, 2.75) is 44.0 Å². The summed E-state index contributed by atoms with van der Waals surface area (Å²) in [5.74, 6) is -1.10. The summed E-state index contributed by atoms with van der Waals surface area (Å²) in [7, 11) is -2.69. The summed E-state index contributed by atoms with van der Waals surface area (Å²) in [5.41, 5.74) is 1.24. The Balaban J connectivity index is 2.30. The van der Waals surface area contributed by atoms with Gasteiger partial charge in [-0.05, 0) is 43.0 Å². The average Bonchev–Trinajstić information content (AvgIpc) is 2.79. The normalized spacial score (nSPS) is 18.2. The van der Waals surface area contributed by atoms with Crippen molar-refractivity contribution >= 4 is 27.6 Å². The van der Waals surface area contributed by atoms with Gasteiger partial charge >= 0.3 is 5.97 Å². The number of hydrogen-bond donors (Lipinski definition) is 2. The van der Waals surface area contributed by atoms with Crippen LogP contribution in [0.2, 0.25) is 0 Å². The van der Waals surface area contributed by atoms with E-state index < -0.39 is 28.0 Å². The molecule has 0 fully saturated rings. The zero-order valence-electron chi connectivity index (χ0n) is 14.1. The molecule has 2 rings (SSSR count). The van der Waals surface area contributed by atoms with Crippen LogP contribution in [0.15, 0.2) is 23.1 Å². The molecule has 1 heterocycles. The third kappa shape index (κ3) is 3.76. The molecule has 1 aromatic rings. The molecule has 0 saturated carbocycles. The van der Waals surface area contributed by atoms with E-state index in [1.165, 1.54) is 19.2 Å². The van der Waals surface area contributed by atoms with Gasteiger partial charge in [0.15, 0.2) is 0 Å². The summed E-state index contributed by atoms with van der Waals surface area (Å²) < 4.78 is 32.3. The van der Waals surface area contributed by atoms with Crippen molar-refractivity contribution in [2.75, 3.05) is 12.4 Å². The number of rotatable bonds is 6. The molecule has 0 radical (unpaired) electrons. The zero-order chi connectivity index (χ0) is 18.1. The van der Waals surface area contributed by atoms with Crippen LogP contribution in [0.1, 0.15) is 38.7 Å². The number of esters is 1. The average molecular weight is 354 g/mol. The number of anilines is 1. The van der Waals surface area contributed by atoms with Gasteiger partial charge in [-0.15, -0.1) is 0 Å². The predicted octanol–water partition coefficient (Wildman–Crippen LogP) is 1.61. The fourth-order valence-electron chi connectivity index (χ4n) is 2.62. The molecule has 0 saturated heterocycles. The molecule has 8 heteroatoms. The van der Waals surface area contributed by atoms with Crippen LogP contribution in [0.3, 0.4) is 0 Å². The van der Waals surface area contributed by atoms with Gasteiger partial charge in [-0.1, -0.05) is 13.8 Å². The fraction of sp³-hybridized carbons (Fsp3) is 0.500. The van der Waals surface area contributed by atoms with Gasteiger partial charge in [-0.3, -0.25) is 9.59 Å². The quantitative estimate of drug-likeness (QED) is 0.756. The summed E-state index contributed by atoms with van der Waals surface area (Å²) in [4.78, 5) is 23.5. The summed E-state index contributed by atoms with van der Waals surface area (Å²) in [6, 6.07) is 3.47. The van der Waals surface area contributed by atoms with Crippen molar-refractivity contribution in [3.63, 3.8) is 0 Å². The highest BCUT2D eigenvalue weighted by atomic mass is 32.2. The maximum Gasteiger partial charge on any atom is 0.323 e. The molecular formula is C16H22N2O5S. The maximum atomic E-state index is 12.6. The lowest BCUT2D eigenvalue weighted by molar-refractivity contribution is -0.143. The molecular weight excluding hydrogens is 332 g/mol. The third-order valence-corrected chi connectivity index (χ3v) is 5.41. The molecule has 132 valence electrons. The molecule has 1 aromatic carbocycles. The van der Waals surface area contributed by atoms with E-state index in [2.05, 4.69) is 14.8 Å². The molecule has 0 aromatic heterocycles. The van der Waals surface area contributed by atoms with Crippen LogP contribution in [0, 0.1) is 5.92 Å². The molecule has 0 aliphatic carbocycles. The summed E-state index contributed by atoms with van der Waals surface area (Å²) in [6.07, 6.45) is 0.327. The van der Waals surface area contributed by atoms with Crippen molar-refractivity contribution in [1.82, 2.24) is 4.72 Å². The summed E-state index contributed by atoms with van der Waals surface area (Å²) in [5, 5.41) is 2.69. The minimum atomic E-state index is -3.91. The van der Waals surface area contributed by atoms with E-state index in [0.29, 0.717) is 17.7 Å². The number of fused-ring (bicyclic) bond motifs is 1. The van der Waals surface area contributed by atoms with Gasteiger partial charge < -0.3 is 10.1 Å². The molecule has 7 nitrogen and oxygen atoms in total. The van der Waals surface area contributed by atoms with Crippen LogP contribution in [-0.2, 0) is 24.3 Å². The Morgan fingerprint density at radius 2 is 2.04 bits per heavy atom. The van der Waals surface area contributed by atoms with Gasteiger partial charge in [0.2, 0.25) is 15.9 Å². The van der Waals surface area contributed by atoms with Crippen LogP contribution in [0.4, 0.5) is 5.69 Å². The minimum absolute atomic E-state index is 0.0160.